The number of hydrogen-bond acceptors (Lipinski definition) is 1. The molecule has 2 nitrogen and oxygen atoms in total. The van der Waals surface area contributed by atoms with E-state index in [1.807, 2.05) is 13.2 Å². The van der Waals surface area contributed by atoms with Gasteiger partial charge in [0.15, 0.2) is 0 Å². The summed E-state index contributed by atoms with van der Waals surface area (Å²) in [6, 6.07) is 4.68. The smallest absolute Gasteiger partial charge is 0.124 e. The zero-order chi connectivity index (χ0) is 8.55. The van der Waals surface area contributed by atoms with E-state index >= 15 is 0 Å². The molecular formula is C9H9FGeN2. The third-order valence-electron chi connectivity index (χ3n) is 1.91. The molecule has 0 aliphatic carbocycles. The molecule has 13 heavy (non-hydrogen) atoms. The second kappa shape index (κ2) is 3.83. The van der Waals surface area contributed by atoms with E-state index in [1.54, 1.807) is 6.07 Å². The molecule has 2 aromatic rings. The van der Waals surface area contributed by atoms with Gasteiger partial charge in [0.1, 0.15) is 5.82 Å². The zero-order valence-corrected chi connectivity index (χ0v) is 9.29. The van der Waals surface area contributed by atoms with E-state index in [0.29, 0.717) is 0 Å². The van der Waals surface area contributed by atoms with Crippen molar-refractivity contribution >= 4 is 34.2 Å². The molecule has 0 unspecified atom stereocenters. The van der Waals surface area contributed by atoms with E-state index in [1.165, 1.54) is 12.1 Å². The van der Waals surface area contributed by atoms with Crippen LogP contribution >= 0.6 is 0 Å². The average molecular weight is 237 g/mol. The van der Waals surface area contributed by atoms with Crippen molar-refractivity contribution in [3.05, 3.63) is 30.2 Å². The maximum Gasteiger partial charge on any atom is 0.124 e. The molecule has 0 spiro atoms. The Bertz CT molecular complexity index is 411. The standard InChI is InChI=1S/C9H9FN2.Ge/c1-11-9-5-12-8-3-2-6(10)4-7(8)9;/h2-5,11-12H,1H3;. The Hall–Kier alpha value is -0.967. The van der Waals surface area contributed by atoms with Crippen LogP contribution in [0, 0.1) is 5.82 Å². The molecular weight excluding hydrogens is 228 g/mol. The van der Waals surface area contributed by atoms with Gasteiger partial charge < -0.3 is 10.3 Å². The minimum absolute atomic E-state index is 0. The predicted molar refractivity (Wildman–Crippen MR) is 53.6 cm³/mol. The fraction of sp³-hybridized carbons (Fsp3) is 0.111. The molecule has 66 valence electrons. The van der Waals surface area contributed by atoms with Gasteiger partial charge in [0.2, 0.25) is 0 Å². The molecule has 0 bridgehead atoms. The van der Waals surface area contributed by atoms with Crippen molar-refractivity contribution in [2.75, 3.05) is 12.4 Å². The first-order valence-corrected chi connectivity index (χ1v) is 3.75. The number of nitrogens with one attached hydrogen (secondary N) is 2. The van der Waals surface area contributed by atoms with Crippen LogP contribution in [0.5, 0.6) is 0 Å². The van der Waals surface area contributed by atoms with E-state index in [9.17, 15) is 4.39 Å². The Morgan fingerprint density at radius 3 is 2.85 bits per heavy atom. The minimum Gasteiger partial charge on any atom is -0.386 e. The van der Waals surface area contributed by atoms with Gasteiger partial charge in [0.25, 0.3) is 0 Å². The number of rotatable bonds is 1. The topological polar surface area (TPSA) is 27.8 Å². The van der Waals surface area contributed by atoms with Crippen LogP contribution in [0.25, 0.3) is 10.9 Å². The van der Waals surface area contributed by atoms with Gasteiger partial charge >= 0.3 is 0 Å². The molecule has 1 aromatic heterocycles. The van der Waals surface area contributed by atoms with Crippen LogP contribution in [0.1, 0.15) is 0 Å². The Morgan fingerprint density at radius 2 is 2.15 bits per heavy atom. The molecule has 1 heterocycles. The summed E-state index contributed by atoms with van der Waals surface area (Å²) in [6.07, 6.45) is 1.82. The van der Waals surface area contributed by atoms with Crippen molar-refractivity contribution in [1.82, 2.24) is 4.98 Å². The second-order valence-corrected chi connectivity index (χ2v) is 2.64. The molecule has 2 rings (SSSR count). The largest absolute Gasteiger partial charge is 0.386 e. The fourth-order valence-corrected chi connectivity index (χ4v) is 1.30. The summed E-state index contributed by atoms with van der Waals surface area (Å²) in [4.78, 5) is 3.04. The summed E-state index contributed by atoms with van der Waals surface area (Å²) in [5.41, 5.74) is 1.87. The number of fused-ring (bicyclic) bond motifs is 1. The van der Waals surface area contributed by atoms with Crippen molar-refractivity contribution in [2.45, 2.75) is 0 Å². The molecule has 0 fully saturated rings. The van der Waals surface area contributed by atoms with Crippen LogP contribution in [-0.4, -0.2) is 29.6 Å². The summed E-state index contributed by atoms with van der Waals surface area (Å²) in [5.74, 6) is -0.210. The van der Waals surface area contributed by atoms with Crippen LogP contribution in [0.2, 0.25) is 0 Å². The fourth-order valence-electron chi connectivity index (χ4n) is 1.30. The van der Waals surface area contributed by atoms with E-state index in [0.717, 1.165) is 16.6 Å². The van der Waals surface area contributed by atoms with Gasteiger partial charge in [0, 0.05) is 41.7 Å². The second-order valence-electron chi connectivity index (χ2n) is 2.64. The summed E-state index contributed by atoms with van der Waals surface area (Å²) in [5, 5.41) is 3.87. The molecule has 0 saturated carbocycles. The Kier molecular flexibility index (Phi) is 2.98. The van der Waals surface area contributed by atoms with E-state index in [4.69, 9.17) is 0 Å². The predicted octanol–water partition coefficient (Wildman–Crippen LogP) is 1.97. The Balaban J connectivity index is 0.000000845. The molecule has 4 radical (unpaired) electrons. The third kappa shape index (κ3) is 1.70. The maximum atomic E-state index is 12.8. The van der Waals surface area contributed by atoms with Crippen LogP contribution in [0.15, 0.2) is 24.4 Å². The zero-order valence-electron chi connectivity index (χ0n) is 7.19. The van der Waals surface area contributed by atoms with Crippen molar-refractivity contribution in [3.8, 4) is 0 Å². The molecule has 2 N–H and O–H groups in total. The molecule has 4 heteroatoms. The molecule has 0 saturated heterocycles. The van der Waals surface area contributed by atoms with Gasteiger partial charge in [-0.05, 0) is 18.2 Å². The summed E-state index contributed by atoms with van der Waals surface area (Å²) >= 11 is 0. The van der Waals surface area contributed by atoms with Gasteiger partial charge in [-0.3, -0.25) is 0 Å². The van der Waals surface area contributed by atoms with E-state index < -0.39 is 0 Å². The molecule has 1 aromatic carbocycles. The Labute approximate surface area is 86.5 Å². The van der Waals surface area contributed by atoms with Gasteiger partial charge in [-0.25, -0.2) is 4.39 Å². The summed E-state index contributed by atoms with van der Waals surface area (Å²) in [6.45, 7) is 0. The quantitative estimate of drug-likeness (QED) is 0.729. The average Bonchev–Trinajstić information content (AvgIpc) is 2.46. The first kappa shape index (κ1) is 10.1. The number of aromatic nitrogens is 1. The Morgan fingerprint density at radius 1 is 1.38 bits per heavy atom. The van der Waals surface area contributed by atoms with Crippen molar-refractivity contribution in [1.29, 1.82) is 0 Å². The number of aromatic amines is 1. The van der Waals surface area contributed by atoms with Crippen LogP contribution in [-0.2, 0) is 0 Å². The first-order chi connectivity index (χ1) is 5.81. The van der Waals surface area contributed by atoms with Gasteiger partial charge in [-0.2, -0.15) is 0 Å². The molecule has 0 atom stereocenters. The molecule has 0 amide bonds. The number of H-pyrrole nitrogens is 1. The van der Waals surface area contributed by atoms with E-state index in [-0.39, 0.29) is 23.4 Å². The van der Waals surface area contributed by atoms with Crippen LogP contribution < -0.4 is 5.32 Å². The molecule has 0 aliphatic heterocycles. The van der Waals surface area contributed by atoms with Gasteiger partial charge in [-0.15, -0.1) is 0 Å². The number of hydrogen-bond donors (Lipinski definition) is 2. The maximum absolute atomic E-state index is 12.8. The van der Waals surface area contributed by atoms with Gasteiger partial charge in [-0.1, -0.05) is 0 Å². The third-order valence-corrected chi connectivity index (χ3v) is 1.91. The number of anilines is 1. The van der Waals surface area contributed by atoms with E-state index in [2.05, 4.69) is 10.3 Å². The SMILES string of the molecule is CNc1c[nH]c2ccc(F)cc12.[Ge]. The van der Waals surface area contributed by atoms with Gasteiger partial charge in [0.05, 0.1) is 5.69 Å². The van der Waals surface area contributed by atoms with Crippen molar-refractivity contribution in [2.24, 2.45) is 0 Å². The summed E-state index contributed by atoms with van der Waals surface area (Å²) in [7, 11) is 1.81. The van der Waals surface area contributed by atoms with Crippen molar-refractivity contribution in [3.63, 3.8) is 0 Å². The summed E-state index contributed by atoms with van der Waals surface area (Å²) < 4.78 is 12.8. The van der Waals surface area contributed by atoms with Crippen molar-refractivity contribution < 1.29 is 4.39 Å². The van der Waals surface area contributed by atoms with Crippen LogP contribution in [0.3, 0.4) is 0 Å². The molecule has 0 aliphatic rings. The minimum atomic E-state index is -0.210. The monoisotopic (exact) mass is 238 g/mol. The first-order valence-electron chi connectivity index (χ1n) is 3.75. The number of halogens is 1. The number of benzene rings is 1. The van der Waals surface area contributed by atoms with Crippen LogP contribution in [0.4, 0.5) is 10.1 Å². The normalized spacial score (nSPS) is 9.69.